The Bertz CT molecular complexity index is 712. The first-order valence-electron chi connectivity index (χ1n) is 6.77. The summed E-state index contributed by atoms with van der Waals surface area (Å²) in [4.78, 5) is 0.158. The van der Waals surface area contributed by atoms with Gasteiger partial charge in [-0.05, 0) is 36.8 Å². The number of methoxy groups -OCH3 is 1. The van der Waals surface area contributed by atoms with Crippen LogP contribution in [0.1, 0.15) is 16.0 Å². The summed E-state index contributed by atoms with van der Waals surface area (Å²) < 4.78 is 32.2. The van der Waals surface area contributed by atoms with Gasteiger partial charge in [-0.1, -0.05) is 45.8 Å². The summed E-state index contributed by atoms with van der Waals surface area (Å²) in [6.45, 7) is 2.19. The van der Waals surface area contributed by atoms with Gasteiger partial charge < -0.3 is 4.74 Å². The molecule has 2 aromatic carbocycles. The molecule has 118 valence electrons. The molecule has 0 heterocycles. The van der Waals surface area contributed by atoms with Gasteiger partial charge in [0, 0.05) is 6.54 Å². The molecule has 1 N–H and O–H groups in total. The highest BCUT2D eigenvalue weighted by Crippen LogP contribution is 2.24. The first kappa shape index (κ1) is 17.0. The van der Waals surface area contributed by atoms with E-state index in [1.54, 1.807) is 31.4 Å². The number of rotatable bonds is 6. The molecule has 1 atom stereocenters. The first-order valence-corrected chi connectivity index (χ1v) is 9.16. The second-order valence-electron chi connectivity index (χ2n) is 4.91. The number of halogens is 1. The van der Waals surface area contributed by atoms with Crippen LogP contribution in [-0.2, 0) is 10.0 Å². The molecule has 0 radical (unpaired) electrons. The van der Waals surface area contributed by atoms with Gasteiger partial charge in [0.25, 0.3) is 0 Å². The van der Waals surface area contributed by atoms with E-state index in [1.165, 1.54) is 0 Å². The third kappa shape index (κ3) is 4.32. The smallest absolute Gasteiger partial charge is 0.240 e. The Morgan fingerprint density at radius 2 is 1.68 bits per heavy atom. The molecule has 1 unspecified atom stereocenters. The molecule has 0 aliphatic heterocycles. The third-order valence-corrected chi connectivity index (χ3v) is 5.55. The highest BCUT2D eigenvalue weighted by Gasteiger charge is 2.16. The van der Waals surface area contributed by atoms with Crippen molar-refractivity contribution in [2.75, 3.05) is 13.7 Å². The van der Waals surface area contributed by atoms with Gasteiger partial charge in [0.15, 0.2) is 0 Å². The van der Waals surface area contributed by atoms with Crippen LogP contribution in [0.15, 0.2) is 53.4 Å². The summed E-state index contributed by atoms with van der Waals surface area (Å²) in [7, 11) is -1.89. The van der Waals surface area contributed by atoms with Crippen molar-refractivity contribution < 1.29 is 13.2 Å². The monoisotopic (exact) mass is 383 g/mol. The lowest BCUT2D eigenvalue weighted by Gasteiger charge is -2.13. The van der Waals surface area contributed by atoms with Gasteiger partial charge in [-0.15, -0.1) is 0 Å². The molecule has 0 spiro atoms. The fourth-order valence-electron chi connectivity index (χ4n) is 1.91. The highest BCUT2D eigenvalue weighted by atomic mass is 79.9. The van der Waals surface area contributed by atoms with Crippen LogP contribution in [0.4, 0.5) is 0 Å². The van der Waals surface area contributed by atoms with Crippen LogP contribution in [0, 0.1) is 6.92 Å². The Hall–Kier alpha value is -1.37. The van der Waals surface area contributed by atoms with Crippen LogP contribution in [0.5, 0.6) is 5.75 Å². The number of aryl methyl sites for hydroxylation is 1. The topological polar surface area (TPSA) is 55.4 Å². The van der Waals surface area contributed by atoms with Crippen molar-refractivity contribution in [2.24, 2.45) is 0 Å². The van der Waals surface area contributed by atoms with Crippen molar-refractivity contribution in [2.45, 2.75) is 16.6 Å². The molecule has 0 aromatic heterocycles. The van der Waals surface area contributed by atoms with Gasteiger partial charge in [-0.3, -0.25) is 0 Å². The van der Waals surface area contributed by atoms with E-state index in [1.807, 2.05) is 31.2 Å². The molecule has 0 fully saturated rings. The predicted molar refractivity (Wildman–Crippen MR) is 91.0 cm³/mol. The van der Waals surface area contributed by atoms with E-state index in [9.17, 15) is 8.42 Å². The van der Waals surface area contributed by atoms with E-state index in [0.717, 1.165) is 16.9 Å². The van der Waals surface area contributed by atoms with Crippen LogP contribution < -0.4 is 9.46 Å². The Labute approximate surface area is 139 Å². The molecule has 0 saturated heterocycles. The SMILES string of the molecule is COc1ccc(C(Br)CNS(=O)(=O)c2ccc(C)cc2)cc1. The number of sulfonamides is 1. The lowest BCUT2D eigenvalue weighted by molar-refractivity contribution is 0.414. The van der Waals surface area contributed by atoms with Crippen molar-refractivity contribution in [3.05, 3.63) is 59.7 Å². The average Bonchev–Trinajstić information content (AvgIpc) is 2.53. The average molecular weight is 384 g/mol. The van der Waals surface area contributed by atoms with Gasteiger partial charge in [0.2, 0.25) is 10.0 Å². The van der Waals surface area contributed by atoms with E-state index in [-0.39, 0.29) is 16.3 Å². The Kier molecular flexibility index (Phi) is 5.61. The molecule has 2 aromatic rings. The van der Waals surface area contributed by atoms with Gasteiger partial charge in [0.1, 0.15) is 5.75 Å². The summed E-state index contributed by atoms with van der Waals surface area (Å²) >= 11 is 3.50. The largest absolute Gasteiger partial charge is 0.497 e. The minimum atomic E-state index is -3.50. The summed E-state index contributed by atoms with van der Waals surface area (Å²) in [5, 5.41) is 0. The van der Waals surface area contributed by atoms with Crippen molar-refractivity contribution >= 4 is 26.0 Å². The minimum absolute atomic E-state index is 0.112. The molecule has 0 aliphatic rings. The van der Waals surface area contributed by atoms with Gasteiger partial charge in [-0.25, -0.2) is 13.1 Å². The number of hydrogen-bond donors (Lipinski definition) is 1. The second-order valence-corrected chi connectivity index (χ2v) is 7.78. The van der Waals surface area contributed by atoms with Gasteiger partial charge >= 0.3 is 0 Å². The second kappa shape index (κ2) is 7.26. The molecule has 4 nitrogen and oxygen atoms in total. The maximum atomic E-state index is 12.2. The molecular formula is C16H18BrNO3S. The molecule has 0 aliphatic carbocycles. The van der Waals surface area contributed by atoms with E-state index in [2.05, 4.69) is 20.7 Å². The van der Waals surface area contributed by atoms with Crippen LogP contribution in [-0.4, -0.2) is 22.1 Å². The maximum Gasteiger partial charge on any atom is 0.240 e. The summed E-state index contributed by atoms with van der Waals surface area (Å²) in [5.41, 5.74) is 2.00. The maximum absolute atomic E-state index is 12.2. The van der Waals surface area contributed by atoms with Crippen molar-refractivity contribution in [3.63, 3.8) is 0 Å². The zero-order chi connectivity index (χ0) is 16.2. The summed E-state index contributed by atoms with van der Waals surface area (Å²) in [6.07, 6.45) is 0. The Morgan fingerprint density at radius 3 is 2.23 bits per heavy atom. The Morgan fingerprint density at radius 1 is 1.09 bits per heavy atom. The van der Waals surface area contributed by atoms with Gasteiger partial charge in [0.05, 0.1) is 16.8 Å². The fraction of sp³-hybridized carbons (Fsp3) is 0.250. The number of hydrogen-bond acceptors (Lipinski definition) is 3. The molecule has 0 amide bonds. The fourth-order valence-corrected chi connectivity index (χ4v) is 3.64. The number of ether oxygens (including phenoxy) is 1. The van der Waals surface area contributed by atoms with Crippen LogP contribution in [0.25, 0.3) is 0 Å². The van der Waals surface area contributed by atoms with Gasteiger partial charge in [-0.2, -0.15) is 0 Å². The highest BCUT2D eigenvalue weighted by molar-refractivity contribution is 9.09. The first-order chi connectivity index (χ1) is 10.4. The lowest BCUT2D eigenvalue weighted by atomic mass is 10.1. The normalized spacial score (nSPS) is 12.9. The lowest BCUT2D eigenvalue weighted by Crippen LogP contribution is -2.27. The third-order valence-electron chi connectivity index (χ3n) is 3.26. The van der Waals surface area contributed by atoms with E-state index >= 15 is 0 Å². The molecule has 0 bridgehead atoms. The predicted octanol–water partition coefficient (Wildman–Crippen LogP) is 3.42. The molecule has 6 heteroatoms. The number of benzene rings is 2. The quantitative estimate of drug-likeness (QED) is 0.777. The Balaban J connectivity index is 2.02. The molecule has 0 saturated carbocycles. The van der Waals surface area contributed by atoms with Crippen molar-refractivity contribution in [1.29, 1.82) is 0 Å². The number of alkyl halides is 1. The summed E-state index contributed by atoms with van der Waals surface area (Å²) in [6, 6.07) is 14.3. The van der Waals surface area contributed by atoms with Crippen molar-refractivity contribution in [3.8, 4) is 5.75 Å². The minimum Gasteiger partial charge on any atom is -0.497 e. The van der Waals surface area contributed by atoms with E-state index < -0.39 is 10.0 Å². The zero-order valence-electron chi connectivity index (χ0n) is 12.4. The summed E-state index contributed by atoms with van der Waals surface area (Å²) in [5.74, 6) is 0.767. The van der Waals surface area contributed by atoms with Crippen LogP contribution in [0.3, 0.4) is 0 Å². The zero-order valence-corrected chi connectivity index (χ0v) is 14.8. The van der Waals surface area contributed by atoms with Crippen LogP contribution >= 0.6 is 15.9 Å². The van der Waals surface area contributed by atoms with Crippen molar-refractivity contribution in [1.82, 2.24) is 4.72 Å². The molecule has 22 heavy (non-hydrogen) atoms. The standard InChI is InChI=1S/C16H18BrNO3S/c1-12-3-9-15(10-4-12)22(19,20)18-11-16(17)13-5-7-14(21-2)8-6-13/h3-10,16,18H,11H2,1-2H3. The van der Waals surface area contributed by atoms with E-state index in [0.29, 0.717) is 0 Å². The van der Waals surface area contributed by atoms with E-state index in [4.69, 9.17) is 4.74 Å². The van der Waals surface area contributed by atoms with Crippen LogP contribution in [0.2, 0.25) is 0 Å². The molecule has 2 rings (SSSR count). The number of nitrogens with one attached hydrogen (secondary N) is 1. The molecular weight excluding hydrogens is 366 g/mol.